The van der Waals surface area contributed by atoms with Crippen molar-refractivity contribution in [3.8, 4) is 0 Å². The molecule has 0 aromatic carbocycles. The Balaban J connectivity index is 2.37. The summed E-state index contributed by atoms with van der Waals surface area (Å²) in [6, 6.07) is -0.340. The summed E-state index contributed by atoms with van der Waals surface area (Å²) in [6.45, 7) is 1.95. The van der Waals surface area contributed by atoms with Crippen LogP contribution in [0.2, 0.25) is 0 Å². The first-order valence-electron chi connectivity index (χ1n) is 4.77. The summed E-state index contributed by atoms with van der Waals surface area (Å²) in [5, 5.41) is 9.84. The highest BCUT2D eigenvalue weighted by Gasteiger charge is 2.52. The lowest BCUT2D eigenvalue weighted by atomic mass is 10.0. The van der Waals surface area contributed by atoms with E-state index in [1.807, 2.05) is 0 Å². The summed E-state index contributed by atoms with van der Waals surface area (Å²) < 4.78 is 0. The molecular formula is C9H14N2O3. The van der Waals surface area contributed by atoms with Gasteiger partial charge in [-0.1, -0.05) is 0 Å². The van der Waals surface area contributed by atoms with Gasteiger partial charge in [0.05, 0.1) is 0 Å². The van der Waals surface area contributed by atoms with Crippen molar-refractivity contribution in [2.45, 2.75) is 31.5 Å². The van der Waals surface area contributed by atoms with E-state index < -0.39 is 5.72 Å². The molecular weight excluding hydrogens is 184 g/mol. The third-order valence-corrected chi connectivity index (χ3v) is 3.19. The van der Waals surface area contributed by atoms with Crippen LogP contribution in [0.3, 0.4) is 0 Å². The minimum atomic E-state index is -1.67. The molecule has 1 N–H and O–H groups in total. The van der Waals surface area contributed by atoms with Crippen LogP contribution in [0.15, 0.2) is 0 Å². The van der Waals surface area contributed by atoms with Crippen LogP contribution in [-0.4, -0.2) is 52.1 Å². The lowest BCUT2D eigenvalue weighted by molar-refractivity contribution is -0.190. The van der Waals surface area contributed by atoms with Crippen molar-refractivity contribution in [1.29, 1.82) is 0 Å². The monoisotopic (exact) mass is 198 g/mol. The molecule has 0 saturated carbocycles. The number of hydrogen-bond donors (Lipinski definition) is 1. The number of rotatable bonds is 0. The van der Waals surface area contributed by atoms with E-state index in [-0.39, 0.29) is 17.9 Å². The Morgan fingerprint density at radius 1 is 1.50 bits per heavy atom. The van der Waals surface area contributed by atoms with Crippen LogP contribution in [0.25, 0.3) is 0 Å². The van der Waals surface area contributed by atoms with Crippen molar-refractivity contribution in [2.24, 2.45) is 0 Å². The van der Waals surface area contributed by atoms with E-state index in [2.05, 4.69) is 0 Å². The van der Waals surface area contributed by atoms with Crippen molar-refractivity contribution in [1.82, 2.24) is 9.80 Å². The van der Waals surface area contributed by atoms with Crippen LogP contribution >= 0.6 is 0 Å². The van der Waals surface area contributed by atoms with Gasteiger partial charge in [0.25, 0.3) is 5.91 Å². The van der Waals surface area contributed by atoms with Gasteiger partial charge in [0.2, 0.25) is 11.6 Å². The molecule has 2 unspecified atom stereocenters. The predicted octanol–water partition coefficient (Wildman–Crippen LogP) is -0.842. The highest BCUT2D eigenvalue weighted by Crippen LogP contribution is 2.29. The summed E-state index contributed by atoms with van der Waals surface area (Å²) in [7, 11) is 1.47. The number of aliphatic hydroxyl groups is 1. The molecule has 0 spiro atoms. The topological polar surface area (TPSA) is 60.9 Å². The smallest absolute Gasteiger partial charge is 0.276 e. The van der Waals surface area contributed by atoms with Gasteiger partial charge in [0.15, 0.2) is 0 Å². The maximum Gasteiger partial charge on any atom is 0.276 e. The van der Waals surface area contributed by atoms with Crippen molar-refractivity contribution in [2.75, 3.05) is 13.6 Å². The first kappa shape index (κ1) is 9.45. The van der Waals surface area contributed by atoms with Crippen molar-refractivity contribution < 1.29 is 14.7 Å². The summed E-state index contributed by atoms with van der Waals surface area (Å²) in [5.74, 6) is -0.519. The molecule has 2 rings (SSSR count). The number of carbonyl (C=O) groups is 2. The molecule has 2 aliphatic rings. The van der Waals surface area contributed by atoms with E-state index in [0.717, 1.165) is 11.3 Å². The molecule has 2 atom stereocenters. The van der Waals surface area contributed by atoms with Gasteiger partial charge in [-0.15, -0.1) is 0 Å². The molecule has 0 aromatic heterocycles. The molecule has 2 fully saturated rings. The molecule has 2 amide bonds. The SMILES string of the molecule is CN1C(=O)C2CCCN2C(=O)C1(C)O. The van der Waals surface area contributed by atoms with Gasteiger partial charge < -0.3 is 14.9 Å². The van der Waals surface area contributed by atoms with Gasteiger partial charge in [-0.2, -0.15) is 0 Å². The standard InChI is InChI=1S/C9H14N2O3/c1-9(14)8(13)11-5-3-4-6(11)7(12)10(9)2/h6,14H,3-5H2,1-2H3. The molecule has 14 heavy (non-hydrogen) atoms. The summed E-state index contributed by atoms with van der Waals surface area (Å²) in [5.41, 5.74) is -1.67. The number of amides is 2. The molecule has 5 heteroatoms. The fraction of sp³-hybridized carbons (Fsp3) is 0.778. The van der Waals surface area contributed by atoms with Gasteiger partial charge >= 0.3 is 0 Å². The van der Waals surface area contributed by atoms with E-state index >= 15 is 0 Å². The Labute approximate surface area is 82.3 Å². The molecule has 78 valence electrons. The fourth-order valence-corrected chi connectivity index (χ4v) is 2.12. The Morgan fingerprint density at radius 2 is 2.14 bits per heavy atom. The first-order chi connectivity index (χ1) is 6.46. The molecule has 0 aromatic rings. The average molecular weight is 198 g/mol. The van der Waals surface area contributed by atoms with Crippen LogP contribution in [0.5, 0.6) is 0 Å². The zero-order valence-electron chi connectivity index (χ0n) is 8.36. The third kappa shape index (κ3) is 0.987. The van der Waals surface area contributed by atoms with Crippen molar-refractivity contribution in [3.63, 3.8) is 0 Å². The summed E-state index contributed by atoms with van der Waals surface area (Å²) >= 11 is 0. The van der Waals surface area contributed by atoms with E-state index in [0.29, 0.717) is 13.0 Å². The Morgan fingerprint density at radius 3 is 2.79 bits per heavy atom. The molecule has 2 heterocycles. The fourth-order valence-electron chi connectivity index (χ4n) is 2.12. The normalized spacial score (nSPS) is 37.8. The van der Waals surface area contributed by atoms with Crippen LogP contribution in [-0.2, 0) is 9.59 Å². The Hall–Kier alpha value is -1.10. The third-order valence-electron chi connectivity index (χ3n) is 3.19. The summed E-state index contributed by atoms with van der Waals surface area (Å²) in [6.07, 6.45) is 1.55. The van der Waals surface area contributed by atoms with Crippen molar-refractivity contribution in [3.05, 3.63) is 0 Å². The molecule has 2 aliphatic heterocycles. The Kier molecular flexibility index (Phi) is 1.82. The largest absolute Gasteiger partial charge is 0.363 e. The number of hydrogen-bond acceptors (Lipinski definition) is 3. The molecule has 0 bridgehead atoms. The van der Waals surface area contributed by atoms with Crippen LogP contribution in [0.4, 0.5) is 0 Å². The minimum absolute atomic E-state index is 0.160. The number of nitrogens with zero attached hydrogens (tertiary/aromatic N) is 2. The van der Waals surface area contributed by atoms with Crippen LogP contribution in [0, 0.1) is 0 Å². The number of likely N-dealkylation sites (N-methyl/N-ethyl adjacent to an activating group) is 1. The summed E-state index contributed by atoms with van der Waals surface area (Å²) in [4.78, 5) is 26.1. The number of carbonyl (C=O) groups excluding carboxylic acids is 2. The first-order valence-corrected chi connectivity index (χ1v) is 4.77. The maximum atomic E-state index is 11.8. The lowest BCUT2D eigenvalue weighted by Crippen LogP contribution is -2.67. The highest BCUT2D eigenvalue weighted by molar-refractivity contribution is 5.98. The van der Waals surface area contributed by atoms with E-state index in [1.54, 1.807) is 0 Å². The van der Waals surface area contributed by atoms with E-state index in [9.17, 15) is 14.7 Å². The second-order valence-electron chi connectivity index (χ2n) is 4.07. The van der Waals surface area contributed by atoms with Gasteiger partial charge in [0, 0.05) is 13.6 Å². The predicted molar refractivity (Wildman–Crippen MR) is 48.1 cm³/mol. The van der Waals surface area contributed by atoms with E-state index in [1.165, 1.54) is 18.9 Å². The molecule has 0 aliphatic carbocycles. The second-order valence-corrected chi connectivity index (χ2v) is 4.07. The molecule has 5 nitrogen and oxygen atoms in total. The van der Waals surface area contributed by atoms with Gasteiger partial charge in [-0.05, 0) is 19.8 Å². The van der Waals surface area contributed by atoms with Crippen LogP contribution < -0.4 is 0 Å². The van der Waals surface area contributed by atoms with Crippen molar-refractivity contribution >= 4 is 11.8 Å². The zero-order valence-corrected chi connectivity index (χ0v) is 8.36. The average Bonchev–Trinajstić information content (AvgIpc) is 2.60. The zero-order chi connectivity index (χ0) is 10.5. The molecule has 2 saturated heterocycles. The van der Waals surface area contributed by atoms with Gasteiger partial charge in [-0.3, -0.25) is 9.59 Å². The quantitative estimate of drug-likeness (QED) is 0.552. The van der Waals surface area contributed by atoms with E-state index in [4.69, 9.17) is 0 Å². The number of piperazine rings is 1. The Bertz CT molecular complexity index is 296. The van der Waals surface area contributed by atoms with Gasteiger partial charge in [0.1, 0.15) is 6.04 Å². The molecule has 0 radical (unpaired) electrons. The van der Waals surface area contributed by atoms with Crippen LogP contribution in [0.1, 0.15) is 19.8 Å². The van der Waals surface area contributed by atoms with Gasteiger partial charge in [-0.25, -0.2) is 0 Å². The highest BCUT2D eigenvalue weighted by atomic mass is 16.3. The maximum absolute atomic E-state index is 11.8. The second kappa shape index (κ2) is 2.70. The minimum Gasteiger partial charge on any atom is -0.363 e. The lowest BCUT2D eigenvalue weighted by Gasteiger charge is -2.43. The number of fused-ring (bicyclic) bond motifs is 1.